The Bertz CT molecular complexity index is 867. The molecular weight excluding hydrogens is 392 g/mol. The van der Waals surface area contributed by atoms with Gasteiger partial charge in [-0.15, -0.1) is 11.8 Å². The molecule has 0 bridgehead atoms. The third-order valence-corrected chi connectivity index (χ3v) is 5.05. The van der Waals surface area contributed by atoms with Gasteiger partial charge in [0.15, 0.2) is 0 Å². The molecule has 2 aromatic carbocycles. The van der Waals surface area contributed by atoms with Crippen molar-refractivity contribution in [3.05, 3.63) is 109 Å². The second kappa shape index (κ2) is 14.9. The van der Waals surface area contributed by atoms with Crippen LogP contribution in [0.25, 0.3) is 0 Å². The fraction of sp³-hybridized carbons (Fsp3) is 0.192. The number of hydrogen-bond acceptors (Lipinski definition) is 3. The molecule has 0 aliphatic rings. The van der Waals surface area contributed by atoms with Crippen LogP contribution in [0.5, 0.6) is 5.75 Å². The van der Waals surface area contributed by atoms with Crippen molar-refractivity contribution in [1.82, 2.24) is 0 Å². The first-order valence-electron chi connectivity index (χ1n) is 10.0. The fourth-order valence-corrected chi connectivity index (χ4v) is 3.41. The molecule has 30 heavy (non-hydrogen) atoms. The summed E-state index contributed by atoms with van der Waals surface area (Å²) in [6, 6.07) is 16.9. The number of thioether (sulfide) groups is 1. The van der Waals surface area contributed by atoms with Crippen LogP contribution < -0.4 is 4.74 Å². The van der Waals surface area contributed by atoms with Gasteiger partial charge in [0.25, 0.3) is 0 Å². The number of hydrogen-bond donors (Lipinski definition) is 1. The van der Waals surface area contributed by atoms with Crippen LogP contribution in [0.4, 0.5) is 0 Å². The molecule has 0 aliphatic carbocycles. The smallest absolute Gasteiger partial charge is 0.336 e. The van der Waals surface area contributed by atoms with Gasteiger partial charge in [0.05, 0.1) is 5.56 Å². The lowest BCUT2D eigenvalue weighted by molar-refractivity contribution is 0.0693. The molecule has 4 heteroatoms. The normalized spacial score (nSPS) is 11.9. The lowest BCUT2D eigenvalue weighted by atomic mass is 10.2. The lowest BCUT2D eigenvalue weighted by Gasteiger charge is -2.02. The van der Waals surface area contributed by atoms with Gasteiger partial charge in [-0.05, 0) is 43.5 Å². The first-order valence-corrected chi connectivity index (χ1v) is 11.0. The Morgan fingerprint density at radius 1 is 0.767 bits per heavy atom. The molecule has 0 aliphatic heterocycles. The molecule has 3 nitrogen and oxygen atoms in total. The summed E-state index contributed by atoms with van der Waals surface area (Å²) in [5.41, 5.74) is 0.362. The fourth-order valence-electron chi connectivity index (χ4n) is 2.52. The molecule has 1 N–H and O–H groups in total. The number of aromatic carboxylic acids is 1. The maximum atomic E-state index is 11.2. The molecule has 0 unspecified atom stereocenters. The first-order chi connectivity index (χ1) is 14.8. The van der Waals surface area contributed by atoms with Gasteiger partial charge in [-0.2, -0.15) is 0 Å². The Morgan fingerprint density at radius 2 is 1.33 bits per heavy atom. The van der Waals surface area contributed by atoms with Gasteiger partial charge in [0.1, 0.15) is 12.4 Å². The monoisotopic (exact) mass is 420 g/mol. The third kappa shape index (κ3) is 9.99. The van der Waals surface area contributed by atoms with Gasteiger partial charge in [-0.3, -0.25) is 0 Å². The summed E-state index contributed by atoms with van der Waals surface area (Å²) in [5, 5.41) is 9.17. The van der Waals surface area contributed by atoms with Crippen LogP contribution in [-0.4, -0.2) is 23.4 Å². The summed E-state index contributed by atoms with van der Waals surface area (Å²) in [4.78, 5) is 12.0. The van der Waals surface area contributed by atoms with E-state index in [1.54, 1.807) is 12.1 Å². The first kappa shape index (κ1) is 23.3. The molecule has 0 heterocycles. The molecular formula is C26H28O3S. The van der Waals surface area contributed by atoms with E-state index in [2.05, 4.69) is 42.5 Å². The highest BCUT2D eigenvalue weighted by molar-refractivity contribution is 7.99. The van der Waals surface area contributed by atoms with Crippen molar-refractivity contribution >= 4 is 17.7 Å². The number of carboxylic acids is 1. The SMILES string of the molecule is O=C(O)c1ccccc1SC/C=C\C/C=C\C/C=C\C/C=C\COc1ccccc1. The maximum Gasteiger partial charge on any atom is 0.336 e. The molecule has 0 aromatic heterocycles. The molecule has 0 fully saturated rings. The van der Waals surface area contributed by atoms with Crippen LogP contribution >= 0.6 is 11.8 Å². The van der Waals surface area contributed by atoms with E-state index in [0.29, 0.717) is 12.2 Å². The van der Waals surface area contributed by atoms with Crippen LogP contribution in [0.3, 0.4) is 0 Å². The summed E-state index contributed by atoms with van der Waals surface area (Å²) in [5.74, 6) is 0.771. The molecule has 0 saturated heterocycles. The highest BCUT2D eigenvalue weighted by atomic mass is 32.2. The number of para-hydroxylation sites is 1. The Morgan fingerprint density at radius 3 is 2.00 bits per heavy atom. The van der Waals surface area contributed by atoms with Crippen LogP contribution in [-0.2, 0) is 0 Å². The van der Waals surface area contributed by atoms with Crippen LogP contribution in [0.1, 0.15) is 29.6 Å². The zero-order valence-corrected chi connectivity index (χ0v) is 17.8. The largest absolute Gasteiger partial charge is 0.490 e. The molecule has 0 saturated carbocycles. The van der Waals surface area contributed by atoms with Gasteiger partial charge in [-0.1, -0.05) is 78.9 Å². The second-order valence-corrected chi connectivity index (χ2v) is 7.39. The third-order valence-electron chi connectivity index (χ3n) is 4.03. The number of rotatable bonds is 13. The quantitative estimate of drug-likeness (QED) is 0.281. The van der Waals surface area contributed by atoms with Crippen molar-refractivity contribution < 1.29 is 14.6 Å². The van der Waals surface area contributed by atoms with Crippen molar-refractivity contribution in [2.75, 3.05) is 12.4 Å². The van der Waals surface area contributed by atoms with Gasteiger partial charge in [0.2, 0.25) is 0 Å². The Labute approximate surface area is 183 Å². The Balaban J connectivity index is 1.51. The van der Waals surface area contributed by atoms with Crippen molar-refractivity contribution in [2.45, 2.75) is 24.2 Å². The number of carbonyl (C=O) groups is 1. The number of allylic oxidation sites excluding steroid dienone is 6. The molecule has 2 aromatic rings. The Hall–Kier alpha value is -2.98. The van der Waals surface area contributed by atoms with Gasteiger partial charge < -0.3 is 9.84 Å². The van der Waals surface area contributed by atoms with E-state index < -0.39 is 5.97 Å². The molecule has 156 valence electrons. The Kier molecular flexibility index (Phi) is 11.6. The van der Waals surface area contributed by atoms with Crippen molar-refractivity contribution in [1.29, 1.82) is 0 Å². The average molecular weight is 421 g/mol. The molecule has 0 radical (unpaired) electrons. The predicted molar refractivity (Wildman–Crippen MR) is 126 cm³/mol. The minimum atomic E-state index is -0.880. The average Bonchev–Trinajstić information content (AvgIpc) is 2.77. The maximum absolute atomic E-state index is 11.2. The van der Waals surface area contributed by atoms with E-state index in [4.69, 9.17) is 9.84 Å². The van der Waals surface area contributed by atoms with E-state index in [9.17, 15) is 4.79 Å². The summed E-state index contributed by atoms with van der Waals surface area (Å²) in [6.45, 7) is 0.588. The van der Waals surface area contributed by atoms with Gasteiger partial charge in [0, 0.05) is 10.6 Å². The van der Waals surface area contributed by atoms with Crippen molar-refractivity contribution in [3.8, 4) is 5.75 Å². The minimum Gasteiger partial charge on any atom is -0.490 e. The molecule has 0 atom stereocenters. The summed E-state index contributed by atoms with van der Waals surface area (Å²) in [6.07, 6.45) is 19.6. The highest BCUT2D eigenvalue weighted by Crippen LogP contribution is 2.22. The van der Waals surface area contributed by atoms with E-state index >= 15 is 0 Å². The standard InChI is InChI=1S/C26H28O3S/c27-26(28)24-19-13-14-20-25(24)30-22-16-9-7-5-3-1-2-4-6-8-15-21-29-23-17-11-10-12-18-23/h2-5,8-20H,1,6-7,21-22H2,(H,27,28)/b4-2-,5-3-,15-8-,16-9-. The second-order valence-electron chi connectivity index (χ2n) is 6.33. The van der Waals surface area contributed by atoms with Crippen LogP contribution in [0.2, 0.25) is 0 Å². The van der Waals surface area contributed by atoms with Crippen LogP contribution in [0, 0.1) is 0 Å². The number of carboxylic acid groups (broad SMARTS) is 1. The van der Waals surface area contributed by atoms with Gasteiger partial charge >= 0.3 is 5.97 Å². The molecule has 0 spiro atoms. The lowest BCUT2D eigenvalue weighted by Crippen LogP contribution is -1.98. The number of ether oxygens (including phenoxy) is 1. The topological polar surface area (TPSA) is 46.5 Å². The van der Waals surface area contributed by atoms with Crippen LogP contribution in [0.15, 0.2) is 108 Å². The zero-order valence-electron chi connectivity index (χ0n) is 17.0. The van der Waals surface area contributed by atoms with Crippen molar-refractivity contribution in [2.24, 2.45) is 0 Å². The highest BCUT2D eigenvalue weighted by Gasteiger charge is 2.07. The minimum absolute atomic E-state index is 0.362. The zero-order chi connectivity index (χ0) is 21.3. The van der Waals surface area contributed by atoms with E-state index in [1.807, 2.05) is 48.5 Å². The van der Waals surface area contributed by atoms with Gasteiger partial charge in [-0.25, -0.2) is 4.79 Å². The molecule has 0 amide bonds. The van der Waals surface area contributed by atoms with E-state index in [1.165, 1.54) is 11.8 Å². The van der Waals surface area contributed by atoms with E-state index in [0.717, 1.165) is 35.7 Å². The summed E-state index contributed by atoms with van der Waals surface area (Å²) < 4.78 is 5.59. The van der Waals surface area contributed by atoms with Crippen molar-refractivity contribution in [3.63, 3.8) is 0 Å². The number of benzene rings is 2. The molecule has 2 rings (SSSR count). The summed E-state index contributed by atoms with van der Waals surface area (Å²) >= 11 is 1.54. The van der Waals surface area contributed by atoms with E-state index in [-0.39, 0.29) is 0 Å². The predicted octanol–water partition coefficient (Wildman–Crippen LogP) is 6.95. The summed E-state index contributed by atoms with van der Waals surface area (Å²) in [7, 11) is 0.